The van der Waals surface area contributed by atoms with Crippen molar-refractivity contribution in [3.8, 4) is 11.5 Å². The van der Waals surface area contributed by atoms with Crippen LogP contribution in [0.4, 0.5) is 10.5 Å². The van der Waals surface area contributed by atoms with E-state index in [9.17, 15) is 4.79 Å². The van der Waals surface area contributed by atoms with Crippen molar-refractivity contribution in [3.05, 3.63) is 18.2 Å². The minimum atomic E-state index is -0.166. The lowest BCUT2D eigenvalue weighted by Gasteiger charge is -2.29. The minimum Gasteiger partial charge on any atom is -0.493 e. The van der Waals surface area contributed by atoms with Gasteiger partial charge in [-0.15, -0.1) is 0 Å². The number of hydrogen-bond acceptors (Lipinski definition) is 3. The van der Waals surface area contributed by atoms with Crippen LogP contribution in [0.5, 0.6) is 11.5 Å². The van der Waals surface area contributed by atoms with Crippen molar-refractivity contribution in [3.63, 3.8) is 0 Å². The van der Waals surface area contributed by atoms with Crippen LogP contribution in [0.1, 0.15) is 32.6 Å². The molecule has 0 saturated heterocycles. The number of amides is 2. The van der Waals surface area contributed by atoms with E-state index in [2.05, 4.69) is 17.6 Å². The molecule has 0 aliphatic heterocycles. The molecule has 0 spiro atoms. The first kappa shape index (κ1) is 15.5. The van der Waals surface area contributed by atoms with Gasteiger partial charge in [0, 0.05) is 17.8 Å². The Kier molecular flexibility index (Phi) is 5.31. The van der Waals surface area contributed by atoms with Gasteiger partial charge in [0.2, 0.25) is 0 Å². The summed E-state index contributed by atoms with van der Waals surface area (Å²) in [6.45, 7) is 2.19. The first-order valence-electron chi connectivity index (χ1n) is 7.43. The van der Waals surface area contributed by atoms with Crippen molar-refractivity contribution < 1.29 is 14.3 Å². The average Bonchev–Trinajstić information content (AvgIpc) is 2.49. The number of methoxy groups -OCH3 is 2. The predicted molar refractivity (Wildman–Crippen MR) is 83.1 cm³/mol. The Morgan fingerprint density at radius 2 is 1.86 bits per heavy atom. The van der Waals surface area contributed by atoms with E-state index < -0.39 is 0 Å². The lowest BCUT2D eigenvalue weighted by Crippen LogP contribution is -2.43. The molecule has 1 aliphatic carbocycles. The summed E-state index contributed by atoms with van der Waals surface area (Å²) in [5, 5.41) is 5.91. The summed E-state index contributed by atoms with van der Waals surface area (Å²) < 4.78 is 10.4. The van der Waals surface area contributed by atoms with Gasteiger partial charge < -0.3 is 20.1 Å². The second-order valence-corrected chi connectivity index (χ2v) is 5.54. The molecule has 5 nitrogen and oxygen atoms in total. The van der Waals surface area contributed by atoms with Gasteiger partial charge in [0.25, 0.3) is 0 Å². The van der Waals surface area contributed by atoms with E-state index in [1.54, 1.807) is 32.4 Å². The summed E-state index contributed by atoms with van der Waals surface area (Å²) >= 11 is 0. The van der Waals surface area contributed by atoms with Crippen LogP contribution in [0.3, 0.4) is 0 Å². The van der Waals surface area contributed by atoms with Crippen LogP contribution in [0, 0.1) is 5.92 Å². The Bertz CT molecular complexity index is 490. The Morgan fingerprint density at radius 3 is 2.52 bits per heavy atom. The molecule has 5 heteroatoms. The molecule has 2 rings (SSSR count). The molecule has 0 aromatic heterocycles. The molecular formula is C16H24N2O3. The fourth-order valence-electron chi connectivity index (χ4n) is 2.78. The van der Waals surface area contributed by atoms with Crippen LogP contribution in [0.15, 0.2) is 18.2 Å². The Labute approximate surface area is 126 Å². The molecule has 0 unspecified atom stereocenters. The van der Waals surface area contributed by atoms with Gasteiger partial charge in [-0.3, -0.25) is 0 Å². The van der Waals surface area contributed by atoms with Crippen molar-refractivity contribution in [1.29, 1.82) is 0 Å². The summed E-state index contributed by atoms with van der Waals surface area (Å²) in [6, 6.07) is 5.42. The van der Waals surface area contributed by atoms with Gasteiger partial charge in [-0.25, -0.2) is 4.79 Å². The molecule has 1 fully saturated rings. The van der Waals surface area contributed by atoms with Gasteiger partial charge in [0.1, 0.15) is 0 Å². The number of anilines is 1. The second kappa shape index (κ2) is 7.20. The number of rotatable bonds is 4. The summed E-state index contributed by atoms with van der Waals surface area (Å²) in [4.78, 5) is 12.1. The van der Waals surface area contributed by atoms with E-state index in [1.807, 2.05) is 0 Å². The molecule has 0 bridgehead atoms. The van der Waals surface area contributed by atoms with Crippen LogP contribution < -0.4 is 20.1 Å². The molecule has 2 N–H and O–H groups in total. The van der Waals surface area contributed by atoms with Gasteiger partial charge in [-0.05, 0) is 30.9 Å². The molecule has 2 atom stereocenters. The first-order valence-corrected chi connectivity index (χ1v) is 7.43. The second-order valence-electron chi connectivity index (χ2n) is 5.54. The largest absolute Gasteiger partial charge is 0.493 e. The van der Waals surface area contributed by atoms with Crippen molar-refractivity contribution in [2.75, 3.05) is 19.5 Å². The normalized spacial score (nSPS) is 21.5. The number of carbonyl (C=O) groups is 1. The smallest absolute Gasteiger partial charge is 0.319 e. The molecular weight excluding hydrogens is 268 g/mol. The van der Waals surface area contributed by atoms with Crippen molar-refractivity contribution in [1.82, 2.24) is 5.32 Å². The van der Waals surface area contributed by atoms with E-state index in [0.29, 0.717) is 23.1 Å². The van der Waals surface area contributed by atoms with E-state index in [0.717, 1.165) is 6.42 Å². The van der Waals surface area contributed by atoms with Crippen LogP contribution in [-0.4, -0.2) is 26.3 Å². The third-order valence-electron chi connectivity index (χ3n) is 4.07. The maximum atomic E-state index is 12.1. The van der Waals surface area contributed by atoms with Crippen molar-refractivity contribution in [2.24, 2.45) is 5.92 Å². The number of carbonyl (C=O) groups excluding carboxylic acids is 1. The molecule has 1 saturated carbocycles. The standard InChI is InChI=1S/C16H24N2O3/c1-11-6-4-5-7-13(11)18-16(19)17-12-8-9-14(20-2)15(10-12)21-3/h8-11,13H,4-7H2,1-3H3,(H2,17,18,19)/t11-,13+/m1/s1. The zero-order valence-electron chi connectivity index (χ0n) is 12.9. The lowest BCUT2D eigenvalue weighted by atomic mass is 9.86. The van der Waals surface area contributed by atoms with Crippen LogP contribution in [0.25, 0.3) is 0 Å². The summed E-state index contributed by atoms with van der Waals surface area (Å²) in [6.07, 6.45) is 4.68. The van der Waals surface area contributed by atoms with E-state index in [4.69, 9.17) is 9.47 Å². The molecule has 21 heavy (non-hydrogen) atoms. The maximum Gasteiger partial charge on any atom is 0.319 e. The number of benzene rings is 1. The molecule has 0 heterocycles. The summed E-state index contributed by atoms with van der Waals surface area (Å²) in [5.41, 5.74) is 0.689. The maximum absolute atomic E-state index is 12.1. The molecule has 1 aliphatic rings. The van der Waals surface area contributed by atoms with Crippen LogP contribution >= 0.6 is 0 Å². The molecule has 116 valence electrons. The zero-order valence-corrected chi connectivity index (χ0v) is 12.9. The highest BCUT2D eigenvalue weighted by Crippen LogP contribution is 2.30. The average molecular weight is 292 g/mol. The fraction of sp³-hybridized carbons (Fsp3) is 0.562. The van der Waals surface area contributed by atoms with Gasteiger partial charge >= 0.3 is 6.03 Å². The number of urea groups is 1. The third kappa shape index (κ3) is 4.03. The Hall–Kier alpha value is -1.91. The summed E-state index contributed by atoms with van der Waals surface area (Å²) in [5.74, 6) is 1.78. The van der Waals surface area contributed by atoms with E-state index >= 15 is 0 Å². The van der Waals surface area contributed by atoms with Crippen molar-refractivity contribution in [2.45, 2.75) is 38.6 Å². The highest BCUT2D eigenvalue weighted by Gasteiger charge is 2.22. The summed E-state index contributed by atoms with van der Waals surface area (Å²) in [7, 11) is 3.16. The van der Waals surface area contributed by atoms with Crippen LogP contribution in [0.2, 0.25) is 0 Å². The lowest BCUT2D eigenvalue weighted by molar-refractivity contribution is 0.232. The molecule has 1 aromatic carbocycles. The minimum absolute atomic E-state index is 0.166. The molecule has 1 aromatic rings. The van der Waals surface area contributed by atoms with E-state index in [1.165, 1.54) is 19.3 Å². The number of hydrogen-bond donors (Lipinski definition) is 2. The highest BCUT2D eigenvalue weighted by atomic mass is 16.5. The van der Waals surface area contributed by atoms with Gasteiger partial charge in [-0.2, -0.15) is 0 Å². The van der Waals surface area contributed by atoms with Crippen LogP contribution in [-0.2, 0) is 0 Å². The first-order chi connectivity index (χ1) is 10.1. The monoisotopic (exact) mass is 292 g/mol. The Balaban J connectivity index is 1.96. The quantitative estimate of drug-likeness (QED) is 0.894. The third-order valence-corrected chi connectivity index (χ3v) is 4.07. The highest BCUT2D eigenvalue weighted by molar-refractivity contribution is 5.89. The Morgan fingerprint density at radius 1 is 1.14 bits per heavy atom. The molecule has 0 radical (unpaired) electrons. The van der Waals surface area contributed by atoms with E-state index in [-0.39, 0.29) is 12.1 Å². The number of ether oxygens (including phenoxy) is 2. The van der Waals surface area contributed by atoms with Gasteiger partial charge in [0.05, 0.1) is 14.2 Å². The van der Waals surface area contributed by atoms with Gasteiger partial charge in [0.15, 0.2) is 11.5 Å². The number of nitrogens with one attached hydrogen (secondary N) is 2. The van der Waals surface area contributed by atoms with Gasteiger partial charge in [-0.1, -0.05) is 19.8 Å². The fourth-order valence-corrected chi connectivity index (χ4v) is 2.78. The molecule has 2 amide bonds. The predicted octanol–water partition coefficient (Wildman–Crippen LogP) is 3.40. The van der Waals surface area contributed by atoms with Crippen molar-refractivity contribution >= 4 is 11.7 Å². The SMILES string of the molecule is COc1ccc(NC(=O)N[C@H]2CCCC[C@H]2C)cc1OC. The topological polar surface area (TPSA) is 59.6 Å². The zero-order chi connectivity index (χ0) is 15.2.